The van der Waals surface area contributed by atoms with Gasteiger partial charge in [-0.05, 0) is 74.7 Å². The summed E-state index contributed by atoms with van der Waals surface area (Å²) in [6.07, 6.45) is 1.31. The van der Waals surface area contributed by atoms with Crippen LogP contribution in [0.3, 0.4) is 0 Å². The van der Waals surface area contributed by atoms with E-state index in [4.69, 9.17) is 4.74 Å². The van der Waals surface area contributed by atoms with Crippen LogP contribution in [0, 0.1) is 12.7 Å². The second-order valence-corrected chi connectivity index (χ2v) is 10.5. The van der Waals surface area contributed by atoms with Crippen LogP contribution in [0.4, 0.5) is 4.39 Å². The van der Waals surface area contributed by atoms with Crippen molar-refractivity contribution in [2.24, 2.45) is 0 Å². The van der Waals surface area contributed by atoms with Gasteiger partial charge >= 0.3 is 0 Å². The molecule has 5 rings (SSSR count). The second kappa shape index (κ2) is 9.07. The number of halogens is 1. The van der Waals surface area contributed by atoms with Gasteiger partial charge in [0.2, 0.25) is 5.91 Å². The molecule has 190 valence electrons. The van der Waals surface area contributed by atoms with Crippen LogP contribution in [-0.4, -0.2) is 29.4 Å². The third-order valence-electron chi connectivity index (χ3n) is 6.67. The van der Waals surface area contributed by atoms with E-state index < -0.39 is 12.0 Å². The highest BCUT2D eigenvalue weighted by atomic mass is 19.1. The lowest BCUT2D eigenvalue weighted by Crippen LogP contribution is -2.40. The summed E-state index contributed by atoms with van der Waals surface area (Å²) in [6.45, 7) is 7.81. The lowest BCUT2D eigenvalue weighted by molar-refractivity contribution is -0.123. The summed E-state index contributed by atoms with van der Waals surface area (Å²) in [4.78, 5) is 29.4. The SMILES string of the molecule is CNC(=O)C1c2cc(-c3cccc(C(=O)NC(C)(C)C)c3)c3[nH]cc(C)c3c2OC1c1ccc(F)cc1. The van der Waals surface area contributed by atoms with E-state index in [1.165, 1.54) is 12.1 Å². The molecule has 3 aromatic carbocycles. The first-order valence-electron chi connectivity index (χ1n) is 12.3. The van der Waals surface area contributed by atoms with Gasteiger partial charge in [0.1, 0.15) is 23.6 Å². The van der Waals surface area contributed by atoms with Gasteiger partial charge in [-0.2, -0.15) is 0 Å². The van der Waals surface area contributed by atoms with Crippen molar-refractivity contribution in [1.29, 1.82) is 0 Å². The summed E-state index contributed by atoms with van der Waals surface area (Å²) in [5.41, 5.74) is 5.20. The fourth-order valence-electron chi connectivity index (χ4n) is 5.00. The van der Waals surface area contributed by atoms with E-state index in [0.29, 0.717) is 11.3 Å². The average molecular weight is 500 g/mol. The molecular weight excluding hydrogens is 469 g/mol. The normalized spacial score (nSPS) is 16.8. The van der Waals surface area contributed by atoms with Gasteiger partial charge in [-0.1, -0.05) is 24.3 Å². The van der Waals surface area contributed by atoms with Crippen molar-refractivity contribution in [3.63, 3.8) is 0 Å². The van der Waals surface area contributed by atoms with E-state index in [1.54, 1.807) is 25.2 Å². The van der Waals surface area contributed by atoms with Crippen LogP contribution >= 0.6 is 0 Å². The van der Waals surface area contributed by atoms with E-state index in [0.717, 1.165) is 38.7 Å². The molecule has 0 aliphatic carbocycles. The lowest BCUT2D eigenvalue weighted by atomic mass is 9.87. The fourth-order valence-corrected chi connectivity index (χ4v) is 5.00. The fraction of sp³-hybridized carbons (Fsp3) is 0.267. The predicted molar refractivity (Wildman–Crippen MR) is 142 cm³/mol. The van der Waals surface area contributed by atoms with E-state index in [9.17, 15) is 14.0 Å². The number of fused-ring (bicyclic) bond motifs is 3. The summed E-state index contributed by atoms with van der Waals surface area (Å²) >= 11 is 0. The Morgan fingerprint density at radius 1 is 1.05 bits per heavy atom. The van der Waals surface area contributed by atoms with Crippen molar-refractivity contribution in [2.45, 2.75) is 45.3 Å². The van der Waals surface area contributed by atoms with Crippen LogP contribution in [0.15, 0.2) is 60.8 Å². The van der Waals surface area contributed by atoms with Crippen molar-refractivity contribution < 1.29 is 18.7 Å². The Morgan fingerprint density at radius 2 is 1.78 bits per heavy atom. The topological polar surface area (TPSA) is 83.2 Å². The molecular formula is C30H30FN3O3. The molecule has 2 amide bonds. The van der Waals surface area contributed by atoms with Crippen molar-refractivity contribution in [3.05, 3.63) is 88.9 Å². The Hall–Kier alpha value is -4.13. The van der Waals surface area contributed by atoms with Crippen LogP contribution in [0.25, 0.3) is 22.0 Å². The number of ether oxygens (including phenoxy) is 1. The van der Waals surface area contributed by atoms with Crippen LogP contribution < -0.4 is 15.4 Å². The first kappa shape index (κ1) is 24.6. The summed E-state index contributed by atoms with van der Waals surface area (Å²) in [5, 5.41) is 6.66. The van der Waals surface area contributed by atoms with Crippen LogP contribution in [0.1, 0.15) is 59.8 Å². The number of amides is 2. The molecule has 3 N–H and O–H groups in total. The van der Waals surface area contributed by atoms with Crippen LogP contribution in [0.2, 0.25) is 0 Å². The Labute approximate surface area is 215 Å². The highest BCUT2D eigenvalue weighted by Gasteiger charge is 2.42. The van der Waals surface area contributed by atoms with E-state index >= 15 is 0 Å². The van der Waals surface area contributed by atoms with E-state index in [2.05, 4.69) is 15.6 Å². The Morgan fingerprint density at radius 3 is 2.46 bits per heavy atom. The molecule has 6 nitrogen and oxygen atoms in total. The Bertz CT molecular complexity index is 1520. The minimum Gasteiger partial charge on any atom is -0.483 e. The standard InChI is InChI=1S/C30H30FN3O3/c1-16-15-33-25-21(18-7-6-8-19(13-18)28(35)34-30(2,3)4)14-22-24(29(36)32-5)26(37-27(22)23(16)25)17-9-11-20(31)12-10-17/h6-15,24,26,33H,1-5H3,(H,32,36)(H,34,35). The van der Waals surface area contributed by atoms with Gasteiger partial charge in [0, 0.05) is 40.9 Å². The quantitative estimate of drug-likeness (QED) is 0.333. The number of hydrogen-bond donors (Lipinski definition) is 3. The highest BCUT2D eigenvalue weighted by molar-refractivity contribution is 6.04. The molecule has 7 heteroatoms. The number of carbonyl (C=O) groups excluding carboxylic acids is 2. The molecule has 1 aliphatic heterocycles. The summed E-state index contributed by atoms with van der Waals surface area (Å²) in [5.74, 6) is -0.683. The second-order valence-electron chi connectivity index (χ2n) is 10.5. The van der Waals surface area contributed by atoms with Crippen molar-refractivity contribution in [2.75, 3.05) is 7.05 Å². The first-order chi connectivity index (χ1) is 17.6. The predicted octanol–water partition coefficient (Wildman–Crippen LogP) is 5.77. The zero-order valence-corrected chi connectivity index (χ0v) is 21.5. The molecule has 1 aliphatic rings. The van der Waals surface area contributed by atoms with Crippen molar-refractivity contribution in [1.82, 2.24) is 15.6 Å². The monoisotopic (exact) mass is 499 g/mol. The van der Waals surface area contributed by atoms with Gasteiger partial charge in [-0.15, -0.1) is 0 Å². The highest BCUT2D eigenvalue weighted by Crippen LogP contribution is 2.52. The number of aromatic nitrogens is 1. The first-order valence-corrected chi connectivity index (χ1v) is 12.3. The number of aryl methyl sites for hydroxylation is 1. The minimum atomic E-state index is -0.629. The number of carbonyl (C=O) groups is 2. The van der Waals surface area contributed by atoms with Crippen LogP contribution in [0.5, 0.6) is 5.75 Å². The molecule has 0 bridgehead atoms. The minimum absolute atomic E-state index is 0.155. The largest absolute Gasteiger partial charge is 0.483 e. The molecule has 2 atom stereocenters. The van der Waals surface area contributed by atoms with E-state index in [1.807, 2.05) is 58.2 Å². The summed E-state index contributed by atoms with van der Waals surface area (Å²) < 4.78 is 20.1. The molecule has 4 aromatic rings. The van der Waals surface area contributed by atoms with Gasteiger partial charge in [-0.25, -0.2) is 4.39 Å². The third-order valence-corrected chi connectivity index (χ3v) is 6.67. The van der Waals surface area contributed by atoms with Gasteiger partial charge in [0.15, 0.2) is 0 Å². The number of hydrogen-bond acceptors (Lipinski definition) is 3. The van der Waals surface area contributed by atoms with Gasteiger partial charge in [0.25, 0.3) is 5.91 Å². The molecule has 0 saturated carbocycles. The summed E-state index contributed by atoms with van der Waals surface area (Å²) in [7, 11) is 1.60. The summed E-state index contributed by atoms with van der Waals surface area (Å²) in [6, 6.07) is 15.5. The number of benzene rings is 3. The smallest absolute Gasteiger partial charge is 0.251 e. The maximum absolute atomic E-state index is 13.6. The average Bonchev–Trinajstić information content (AvgIpc) is 3.43. The molecule has 0 fully saturated rings. The molecule has 2 unspecified atom stereocenters. The maximum Gasteiger partial charge on any atom is 0.251 e. The number of H-pyrrole nitrogens is 1. The Kier molecular flexibility index (Phi) is 6.02. The number of nitrogens with one attached hydrogen (secondary N) is 3. The molecule has 0 saturated heterocycles. The number of likely N-dealkylation sites (N-methyl/N-ethyl adjacent to an activating group) is 1. The number of rotatable bonds is 4. The zero-order chi connectivity index (χ0) is 26.5. The van der Waals surface area contributed by atoms with Gasteiger partial charge < -0.3 is 20.4 Å². The Balaban J connectivity index is 1.68. The molecule has 37 heavy (non-hydrogen) atoms. The number of aromatic amines is 1. The lowest BCUT2D eigenvalue weighted by Gasteiger charge is -2.20. The molecule has 0 radical (unpaired) electrons. The third kappa shape index (κ3) is 4.46. The molecule has 0 spiro atoms. The maximum atomic E-state index is 13.6. The van der Waals surface area contributed by atoms with Gasteiger partial charge in [0.05, 0.1) is 5.52 Å². The van der Waals surface area contributed by atoms with E-state index in [-0.39, 0.29) is 23.2 Å². The molecule has 1 aromatic heterocycles. The van der Waals surface area contributed by atoms with Crippen LogP contribution in [-0.2, 0) is 4.79 Å². The molecule has 2 heterocycles. The van der Waals surface area contributed by atoms with Crippen molar-refractivity contribution >= 4 is 22.7 Å². The zero-order valence-electron chi connectivity index (χ0n) is 21.5. The van der Waals surface area contributed by atoms with Gasteiger partial charge in [-0.3, -0.25) is 9.59 Å². The van der Waals surface area contributed by atoms with Crippen molar-refractivity contribution in [3.8, 4) is 16.9 Å².